The SMILES string of the molecule is Cc1ccc(C(N)CS(=O)c2ccc(F)cc2F)c(C)c1. The molecule has 0 fully saturated rings. The van der Waals surface area contributed by atoms with Crippen LogP contribution in [-0.4, -0.2) is 9.96 Å². The summed E-state index contributed by atoms with van der Waals surface area (Å²) in [6.45, 7) is 3.91. The number of aryl methyl sites for hydroxylation is 2. The molecule has 2 nitrogen and oxygen atoms in total. The summed E-state index contributed by atoms with van der Waals surface area (Å²) in [6, 6.07) is 8.40. The van der Waals surface area contributed by atoms with Crippen molar-refractivity contribution in [3.8, 4) is 0 Å². The Morgan fingerprint density at radius 3 is 2.48 bits per heavy atom. The summed E-state index contributed by atoms with van der Waals surface area (Å²) in [6.07, 6.45) is 0. The van der Waals surface area contributed by atoms with Gasteiger partial charge in [-0.3, -0.25) is 4.21 Å². The van der Waals surface area contributed by atoms with Crippen LogP contribution >= 0.6 is 0 Å². The highest BCUT2D eigenvalue weighted by Crippen LogP contribution is 2.21. The molecule has 0 saturated carbocycles. The quantitative estimate of drug-likeness (QED) is 0.941. The largest absolute Gasteiger partial charge is 0.323 e. The zero-order valence-corrected chi connectivity index (χ0v) is 12.7. The third kappa shape index (κ3) is 3.74. The van der Waals surface area contributed by atoms with Crippen molar-refractivity contribution in [3.63, 3.8) is 0 Å². The van der Waals surface area contributed by atoms with Crippen LogP contribution in [0.25, 0.3) is 0 Å². The van der Waals surface area contributed by atoms with Gasteiger partial charge < -0.3 is 5.73 Å². The lowest BCUT2D eigenvalue weighted by atomic mass is 10.0. The van der Waals surface area contributed by atoms with Crippen molar-refractivity contribution in [2.75, 3.05) is 5.75 Å². The van der Waals surface area contributed by atoms with Crippen LogP contribution in [0.2, 0.25) is 0 Å². The first kappa shape index (κ1) is 15.8. The Bertz CT molecular complexity index is 688. The van der Waals surface area contributed by atoms with Crippen molar-refractivity contribution >= 4 is 10.8 Å². The molecule has 2 aromatic carbocycles. The molecule has 5 heteroatoms. The molecular weight excluding hydrogens is 292 g/mol. The van der Waals surface area contributed by atoms with E-state index in [1.165, 1.54) is 6.07 Å². The second-order valence-electron chi connectivity index (χ2n) is 5.05. The fourth-order valence-electron chi connectivity index (χ4n) is 2.24. The Kier molecular flexibility index (Phi) is 4.85. The van der Waals surface area contributed by atoms with Gasteiger partial charge in [0.05, 0.1) is 15.7 Å². The van der Waals surface area contributed by atoms with E-state index in [0.717, 1.165) is 28.8 Å². The fraction of sp³-hybridized carbons (Fsp3) is 0.250. The molecule has 21 heavy (non-hydrogen) atoms. The van der Waals surface area contributed by atoms with Gasteiger partial charge >= 0.3 is 0 Å². The lowest BCUT2D eigenvalue weighted by Crippen LogP contribution is -2.20. The van der Waals surface area contributed by atoms with Crippen LogP contribution in [0.5, 0.6) is 0 Å². The van der Waals surface area contributed by atoms with E-state index >= 15 is 0 Å². The zero-order valence-electron chi connectivity index (χ0n) is 11.9. The molecule has 0 amide bonds. The lowest BCUT2D eigenvalue weighted by Gasteiger charge is -2.15. The van der Waals surface area contributed by atoms with Crippen molar-refractivity contribution in [1.29, 1.82) is 0 Å². The van der Waals surface area contributed by atoms with Gasteiger partial charge in [-0.15, -0.1) is 0 Å². The topological polar surface area (TPSA) is 43.1 Å². The highest BCUT2D eigenvalue weighted by atomic mass is 32.2. The summed E-state index contributed by atoms with van der Waals surface area (Å²) < 4.78 is 38.7. The zero-order chi connectivity index (χ0) is 15.6. The summed E-state index contributed by atoms with van der Waals surface area (Å²) in [5, 5.41) is 0. The minimum absolute atomic E-state index is 0.0170. The molecule has 112 valence electrons. The van der Waals surface area contributed by atoms with Gasteiger partial charge in [0, 0.05) is 17.9 Å². The predicted molar refractivity (Wildman–Crippen MR) is 80.5 cm³/mol. The number of hydrogen-bond acceptors (Lipinski definition) is 2. The van der Waals surface area contributed by atoms with Crippen molar-refractivity contribution in [1.82, 2.24) is 0 Å². The summed E-state index contributed by atoms with van der Waals surface area (Å²) in [7, 11) is -1.61. The highest BCUT2D eigenvalue weighted by Gasteiger charge is 2.17. The van der Waals surface area contributed by atoms with Gasteiger partial charge in [0.15, 0.2) is 0 Å². The average Bonchev–Trinajstić information content (AvgIpc) is 2.37. The molecule has 2 rings (SSSR count). The molecule has 0 bridgehead atoms. The second-order valence-corrected chi connectivity index (χ2v) is 6.52. The minimum atomic E-state index is -1.61. The van der Waals surface area contributed by atoms with E-state index in [2.05, 4.69) is 0 Å². The number of benzene rings is 2. The number of hydrogen-bond donors (Lipinski definition) is 1. The first-order chi connectivity index (χ1) is 9.88. The van der Waals surface area contributed by atoms with Gasteiger partial charge in [-0.05, 0) is 37.1 Å². The smallest absolute Gasteiger partial charge is 0.142 e. The molecule has 0 aliphatic heterocycles. The Morgan fingerprint density at radius 2 is 1.86 bits per heavy atom. The summed E-state index contributed by atoms with van der Waals surface area (Å²) in [4.78, 5) is -0.0170. The van der Waals surface area contributed by atoms with Crippen molar-refractivity contribution < 1.29 is 13.0 Å². The molecular formula is C16H17F2NOS. The maximum Gasteiger partial charge on any atom is 0.142 e. The summed E-state index contributed by atoms with van der Waals surface area (Å²) in [5.74, 6) is -1.40. The molecule has 0 heterocycles. The van der Waals surface area contributed by atoms with E-state index in [0.29, 0.717) is 0 Å². The van der Waals surface area contributed by atoms with Gasteiger partial charge in [0.1, 0.15) is 11.6 Å². The minimum Gasteiger partial charge on any atom is -0.323 e. The van der Waals surface area contributed by atoms with Gasteiger partial charge in [-0.25, -0.2) is 8.78 Å². The molecule has 2 aromatic rings. The summed E-state index contributed by atoms with van der Waals surface area (Å²) in [5.41, 5.74) is 9.09. The monoisotopic (exact) mass is 309 g/mol. The van der Waals surface area contributed by atoms with Crippen LogP contribution in [0, 0.1) is 25.5 Å². The first-order valence-electron chi connectivity index (χ1n) is 6.54. The molecule has 2 atom stereocenters. The molecule has 2 N–H and O–H groups in total. The Labute approximate surface area is 125 Å². The molecule has 0 aliphatic rings. The van der Waals surface area contributed by atoms with Crippen LogP contribution in [0.4, 0.5) is 8.78 Å². The molecule has 0 spiro atoms. The van der Waals surface area contributed by atoms with Gasteiger partial charge in [-0.1, -0.05) is 23.8 Å². The van der Waals surface area contributed by atoms with Crippen LogP contribution < -0.4 is 5.73 Å². The predicted octanol–water partition coefficient (Wildman–Crippen LogP) is 3.39. The average molecular weight is 309 g/mol. The number of rotatable bonds is 4. The summed E-state index contributed by atoms with van der Waals surface area (Å²) >= 11 is 0. The van der Waals surface area contributed by atoms with Gasteiger partial charge in [0.2, 0.25) is 0 Å². The molecule has 0 radical (unpaired) electrons. The van der Waals surface area contributed by atoms with Gasteiger partial charge in [-0.2, -0.15) is 0 Å². The number of nitrogens with two attached hydrogens (primary N) is 1. The standard InChI is InChI=1S/C16H17F2NOS/c1-10-3-5-13(11(2)7-10)15(19)9-21(20)16-6-4-12(17)8-14(16)18/h3-8,15H,9,19H2,1-2H3. The van der Waals surface area contributed by atoms with E-state index < -0.39 is 28.5 Å². The fourth-order valence-corrected chi connectivity index (χ4v) is 3.43. The van der Waals surface area contributed by atoms with Crippen molar-refractivity contribution in [2.45, 2.75) is 24.8 Å². The molecule has 0 aliphatic carbocycles. The van der Waals surface area contributed by atoms with Crippen LogP contribution in [0.3, 0.4) is 0 Å². The van der Waals surface area contributed by atoms with E-state index in [1.807, 2.05) is 32.0 Å². The Balaban J connectivity index is 2.18. The lowest BCUT2D eigenvalue weighted by molar-refractivity contribution is 0.561. The first-order valence-corrected chi connectivity index (χ1v) is 7.86. The van der Waals surface area contributed by atoms with Gasteiger partial charge in [0.25, 0.3) is 0 Å². The van der Waals surface area contributed by atoms with E-state index in [9.17, 15) is 13.0 Å². The van der Waals surface area contributed by atoms with Crippen LogP contribution in [0.1, 0.15) is 22.7 Å². The van der Waals surface area contributed by atoms with E-state index in [4.69, 9.17) is 5.73 Å². The molecule has 2 unspecified atom stereocenters. The van der Waals surface area contributed by atoms with E-state index in [1.54, 1.807) is 0 Å². The molecule has 0 aromatic heterocycles. The maximum absolute atomic E-state index is 13.6. The van der Waals surface area contributed by atoms with Crippen molar-refractivity contribution in [3.05, 3.63) is 64.7 Å². The van der Waals surface area contributed by atoms with Crippen molar-refractivity contribution in [2.24, 2.45) is 5.73 Å². The highest BCUT2D eigenvalue weighted by molar-refractivity contribution is 7.85. The number of halogens is 2. The third-order valence-corrected chi connectivity index (χ3v) is 4.78. The third-order valence-electron chi connectivity index (χ3n) is 3.29. The molecule has 0 saturated heterocycles. The Hall–Kier alpha value is -1.59. The maximum atomic E-state index is 13.6. The second kappa shape index (κ2) is 6.45. The normalized spacial score (nSPS) is 14.0. The van der Waals surface area contributed by atoms with Crippen LogP contribution in [0.15, 0.2) is 41.3 Å². The Morgan fingerprint density at radius 1 is 1.14 bits per heavy atom. The van der Waals surface area contributed by atoms with Crippen LogP contribution in [-0.2, 0) is 10.8 Å². The van der Waals surface area contributed by atoms with E-state index in [-0.39, 0.29) is 10.6 Å².